The van der Waals surface area contributed by atoms with Gasteiger partial charge in [0.25, 0.3) is 0 Å². The fraction of sp³-hybridized carbons (Fsp3) is 0.118. The Balaban J connectivity index is 1.75. The maximum atomic E-state index is 5.98. The topological polar surface area (TPSA) is 40.7 Å². The molecular weight excluding hydrogens is 282 g/mol. The number of benzene rings is 2. The molecule has 0 fully saturated rings. The third kappa shape index (κ3) is 3.26. The molecule has 0 atom stereocenters. The summed E-state index contributed by atoms with van der Waals surface area (Å²) in [7, 11) is 0. The molecule has 0 saturated heterocycles. The Kier molecular flexibility index (Phi) is 3.93. The molecular formula is C17H16ClN3. The molecule has 21 heavy (non-hydrogen) atoms. The summed E-state index contributed by atoms with van der Waals surface area (Å²) >= 11 is 5.98. The van der Waals surface area contributed by atoms with E-state index >= 15 is 0 Å². The molecule has 3 aromatic rings. The first kappa shape index (κ1) is 13.7. The SMILES string of the molecule is Cc1cc(Cl)ccc1CNc1cccc(-c2ccn[nH]2)c1. The first-order chi connectivity index (χ1) is 10.2. The summed E-state index contributed by atoms with van der Waals surface area (Å²) in [6, 6.07) is 16.2. The van der Waals surface area contributed by atoms with E-state index < -0.39 is 0 Å². The minimum Gasteiger partial charge on any atom is -0.381 e. The van der Waals surface area contributed by atoms with Crippen molar-refractivity contribution in [3.63, 3.8) is 0 Å². The van der Waals surface area contributed by atoms with Crippen LogP contribution in [0.15, 0.2) is 54.7 Å². The highest BCUT2D eigenvalue weighted by molar-refractivity contribution is 6.30. The molecule has 0 amide bonds. The zero-order chi connectivity index (χ0) is 14.7. The van der Waals surface area contributed by atoms with Crippen LogP contribution in [-0.4, -0.2) is 10.2 Å². The summed E-state index contributed by atoms with van der Waals surface area (Å²) in [5, 5.41) is 11.2. The molecule has 1 aromatic heterocycles. The third-order valence-corrected chi connectivity index (χ3v) is 3.70. The van der Waals surface area contributed by atoms with Crippen molar-refractivity contribution in [3.8, 4) is 11.3 Å². The van der Waals surface area contributed by atoms with Gasteiger partial charge in [0.05, 0.1) is 5.69 Å². The van der Waals surface area contributed by atoms with Crippen LogP contribution in [0.3, 0.4) is 0 Å². The molecule has 0 unspecified atom stereocenters. The molecule has 1 heterocycles. The van der Waals surface area contributed by atoms with Gasteiger partial charge in [0.15, 0.2) is 0 Å². The number of H-pyrrole nitrogens is 1. The number of aromatic amines is 1. The van der Waals surface area contributed by atoms with Gasteiger partial charge in [-0.3, -0.25) is 5.10 Å². The van der Waals surface area contributed by atoms with Crippen LogP contribution >= 0.6 is 11.6 Å². The largest absolute Gasteiger partial charge is 0.381 e. The van der Waals surface area contributed by atoms with Crippen molar-refractivity contribution in [1.82, 2.24) is 10.2 Å². The lowest BCUT2D eigenvalue weighted by molar-refractivity contribution is 1.09. The highest BCUT2D eigenvalue weighted by Crippen LogP contribution is 2.21. The quantitative estimate of drug-likeness (QED) is 0.736. The zero-order valence-electron chi connectivity index (χ0n) is 11.7. The summed E-state index contributed by atoms with van der Waals surface area (Å²) in [4.78, 5) is 0. The molecule has 3 nitrogen and oxygen atoms in total. The van der Waals surface area contributed by atoms with Crippen molar-refractivity contribution >= 4 is 17.3 Å². The molecule has 4 heteroatoms. The van der Waals surface area contributed by atoms with Gasteiger partial charge in [-0.25, -0.2) is 0 Å². The number of aryl methyl sites for hydroxylation is 1. The number of anilines is 1. The second-order valence-electron chi connectivity index (χ2n) is 4.98. The Morgan fingerprint density at radius 2 is 2.05 bits per heavy atom. The van der Waals surface area contributed by atoms with E-state index in [0.29, 0.717) is 0 Å². The van der Waals surface area contributed by atoms with E-state index in [1.54, 1.807) is 6.20 Å². The Labute approximate surface area is 129 Å². The minimum absolute atomic E-state index is 0.773. The van der Waals surface area contributed by atoms with Crippen LogP contribution in [0.5, 0.6) is 0 Å². The Morgan fingerprint density at radius 3 is 2.81 bits per heavy atom. The van der Waals surface area contributed by atoms with Gasteiger partial charge in [0.2, 0.25) is 0 Å². The van der Waals surface area contributed by atoms with E-state index in [1.807, 2.05) is 24.3 Å². The molecule has 0 aliphatic heterocycles. The number of nitrogens with zero attached hydrogens (tertiary/aromatic N) is 1. The summed E-state index contributed by atoms with van der Waals surface area (Å²) in [6.45, 7) is 2.85. The minimum atomic E-state index is 0.773. The monoisotopic (exact) mass is 297 g/mol. The van der Waals surface area contributed by atoms with Gasteiger partial charge in [-0.15, -0.1) is 0 Å². The van der Waals surface area contributed by atoms with Crippen molar-refractivity contribution in [3.05, 3.63) is 70.9 Å². The summed E-state index contributed by atoms with van der Waals surface area (Å²) in [6.07, 6.45) is 1.76. The number of nitrogens with one attached hydrogen (secondary N) is 2. The molecule has 0 bridgehead atoms. The van der Waals surface area contributed by atoms with Crippen molar-refractivity contribution < 1.29 is 0 Å². The number of hydrogen-bond donors (Lipinski definition) is 2. The maximum Gasteiger partial charge on any atom is 0.0650 e. The lowest BCUT2D eigenvalue weighted by Crippen LogP contribution is -2.01. The highest BCUT2D eigenvalue weighted by atomic mass is 35.5. The van der Waals surface area contributed by atoms with E-state index in [1.165, 1.54) is 11.1 Å². The summed E-state index contributed by atoms with van der Waals surface area (Å²) < 4.78 is 0. The normalized spacial score (nSPS) is 10.6. The number of aromatic nitrogens is 2. The Morgan fingerprint density at radius 1 is 1.14 bits per heavy atom. The first-order valence-corrected chi connectivity index (χ1v) is 7.19. The van der Waals surface area contributed by atoms with Gasteiger partial charge in [0.1, 0.15) is 0 Å². The second kappa shape index (κ2) is 6.02. The molecule has 3 rings (SSSR count). The van der Waals surface area contributed by atoms with Crippen LogP contribution in [0.4, 0.5) is 5.69 Å². The maximum absolute atomic E-state index is 5.98. The second-order valence-corrected chi connectivity index (χ2v) is 5.41. The smallest absolute Gasteiger partial charge is 0.0650 e. The van der Waals surface area contributed by atoms with E-state index in [4.69, 9.17) is 11.6 Å². The van der Waals surface area contributed by atoms with Gasteiger partial charge < -0.3 is 5.32 Å². The third-order valence-electron chi connectivity index (χ3n) is 3.46. The Bertz CT molecular complexity index is 736. The average Bonchev–Trinajstić information content (AvgIpc) is 3.01. The van der Waals surface area contributed by atoms with Crippen LogP contribution in [0.2, 0.25) is 5.02 Å². The van der Waals surface area contributed by atoms with E-state index in [2.05, 4.69) is 46.7 Å². The lowest BCUT2D eigenvalue weighted by Gasteiger charge is -2.10. The van der Waals surface area contributed by atoms with E-state index in [0.717, 1.165) is 28.5 Å². The van der Waals surface area contributed by atoms with Crippen LogP contribution in [0.1, 0.15) is 11.1 Å². The first-order valence-electron chi connectivity index (χ1n) is 6.81. The van der Waals surface area contributed by atoms with Gasteiger partial charge in [-0.2, -0.15) is 5.10 Å². The molecule has 2 N–H and O–H groups in total. The molecule has 0 aliphatic rings. The molecule has 2 aromatic carbocycles. The van der Waals surface area contributed by atoms with Crippen molar-refractivity contribution in [2.45, 2.75) is 13.5 Å². The van der Waals surface area contributed by atoms with Gasteiger partial charge in [-0.05, 0) is 48.4 Å². The van der Waals surface area contributed by atoms with Crippen LogP contribution in [0, 0.1) is 6.92 Å². The molecule has 0 radical (unpaired) electrons. The summed E-state index contributed by atoms with van der Waals surface area (Å²) in [5.41, 5.74) is 5.65. The molecule has 106 valence electrons. The summed E-state index contributed by atoms with van der Waals surface area (Å²) in [5.74, 6) is 0. The Hall–Kier alpha value is -2.26. The standard InChI is InChI=1S/C17H16ClN3/c1-12-9-15(18)6-5-14(12)11-19-16-4-2-3-13(10-16)17-7-8-20-21-17/h2-10,19H,11H2,1H3,(H,20,21). The molecule has 0 saturated carbocycles. The molecule has 0 spiro atoms. The number of hydrogen-bond acceptors (Lipinski definition) is 2. The predicted molar refractivity (Wildman–Crippen MR) is 87.5 cm³/mol. The van der Waals surface area contributed by atoms with Gasteiger partial charge >= 0.3 is 0 Å². The number of halogens is 1. The average molecular weight is 298 g/mol. The van der Waals surface area contributed by atoms with Crippen LogP contribution < -0.4 is 5.32 Å². The lowest BCUT2D eigenvalue weighted by atomic mass is 10.1. The number of rotatable bonds is 4. The fourth-order valence-electron chi connectivity index (χ4n) is 2.27. The fourth-order valence-corrected chi connectivity index (χ4v) is 2.49. The van der Waals surface area contributed by atoms with Gasteiger partial charge in [0, 0.05) is 29.0 Å². The molecule has 0 aliphatic carbocycles. The van der Waals surface area contributed by atoms with Crippen molar-refractivity contribution in [2.24, 2.45) is 0 Å². The van der Waals surface area contributed by atoms with Gasteiger partial charge in [-0.1, -0.05) is 29.8 Å². The van der Waals surface area contributed by atoms with E-state index in [-0.39, 0.29) is 0 Å². The van der Waals surface area contributed by atoms with Crippen molar-refractivity contribution in [1.29, 1.82) is 0 Å². The predicted octanol–water partition coefficient (Wildman–Crippen LogP) is 4.65. The highest BCUT2D eigenvalue weighted by Gasteiger charge is 2.02. The van der Waals surface area contributed by atoms with Crippen LogP contribution in [-0.2, 0) is 6.54 Å². The van der Waals surface area contributed by atoms with E-state index in [9.17, 15) is 0 Å². The van der Waals surface area contributed by atoms with Crippen molar-refractivity contribution in [2.75, 3.05) is 5.32 Å². The van der Waals surface area contributed by atoms with Crippen LogP contribution in [0.25, 0.3) is 11.3 Å². The zero-order valence-corrected chi connectivity index (χ0v) is 12.5.